The van der Waals surface area contributed by atoms with Gasteiger partial charge in [0.25, 0.3) is 0 Å². The normalized spacial score (nSPS) is 26.0. The average molecular weight is 450 g/mol. The molecule has 0 amide bonds. The second-order valence-electron chi connectivity index (χ2n) is 7.04. The van der Waals surface area contributed by atoms with Gasteiger partial charge in [-0.15, -0.1) is 0 Å². The Bertz CT molecular complexity index is 948. The minimum Gasteiger partial charge on any atom is -1.00 e. The van der Waals surface area contributed by atoms with Crippen molar-refractivity contribution in [3.8, 4) is 0 Å². The van der Waals surface area contributed by atoms with Crippen LogP contribution in [0, 0.1) is 0 Å². The van der Waals surface area contributed by atoms with E-state index >= 15 is 0 Å². The number of ketones is 2. The van der Waals surface area contributed by atoms with Crippen LogP contribution in [0.1, 0.15) is 53.0 Å². The zero-order valence-electron chi connectivity index (χ0n) is 19.0. The topological polar surface area (TPSA) is 174 Å². The molecule has 1 aliphatic heterocycles. The summed E-state index contributed by atoms with van der Waals surface area (Å²) in [7, 11) is 0. The van der Waals surface area contributed by atoms with Gasteiger partial charge in [0.1, 0.15) is 30.2 Å². The fraction of sp³-hybridized carbons (Fsp3) is 0.611. The third-order valence-electron chi connectivity index (χ3n) is 5.00. The van der Waals surface area contributed by atoms with Crippen LogP contribution in [0.25, 0.3) is 11.2 Å². The van der Waals surface area contributed by atoms with Crippen molar-refractivity contribution in [2.45, 2.75) is 63.6 Å². The molecule has 2 aromatic heterocycles. The Morgan fingerprint density at radius 1 is 1.27 bits per heavy atom. The van der Waals surface area contributed by atoms with E-state index in [-0.39, 0.29) is 82.0 Å². The quantitative estimate of drug-likeness (QED) is 0.300. The largest absolute Gasteiger partial charge is 2.00 e. The Morgan fingerprint density at radius 3 is 2.50 bits per heavy atom. The molecule has 5 N–H and O–H groups in total. The van der Waals surface area contributed by atoms with E-state index in [1.807, 2.05) is 6.92 Å². The maximum absolute atomic E-state index is 13.1. The first-order chi connectivity index (χ1) is 13.8. The fourth-order valence-corrected chi connectivity index (χ4v) is 3.55. The van der Waals surface area contributed by atoms with Gasteiger partial charge in [-0.05, 0) is 12.8 Å². The van der Waals surface area contributed by atoms with Crippen LogP contribution in [0.15, 0.2) is 6.33 Å². The molecule has 0 aliphatic carbocycles. The summed E-state index contributed by atoms with van der Waals surface area (Å²) in [5.41, 5.74) is 4.02. The first-order valence-electron chi connectivity index (χ1n) is 9.54. The van der Waals surface area contributed by atoms with Gasteiger partial charge < -0.3 is 28.6 Å². The van der Waals surface area contributed by atoms with E-state index in [4.69, 9.17) is 10.5 Å². The van der Waals surface area contributed by atoms with Crippen LogP contribution >= 0.6 is 0 Å². The zero-order valence-corrected chi connectivity index (χ0v) is 19.2. The second-order valence-corrected chi connectivity index (χ2v) is 7.04. The van der Waals surface area contributed by atoms with E-state index in [0.717, 1.165) is 0 Å². The molecule has 0 aromatic carbocycles. The third kappa shape index (κ3) is 3.99. The number of hydrogen-bond acceptors (Lipinski definition) is 10. The Balaban J connectivity index is 0.00000320. The number of aliphatic hydroxyl groups excluding tert-OH is 3. The van der Waals surface area contributed by atoms with Crippen LogP contribution in [0.5, 0.6) is 0 Å². The summed E-state index contributed by atoms with van der Waals surface area (Å²) in [4.78, 5) is 37.7. The van der Waals surface area contributed by atoms with Gasteiger partial charge in [0, 0.05) is 12.8 Å². The molecule has 1 aliphatic rings. The van der Waals surface area contributed by atoms with Crippen LogP contribution in [-0.2, 0) is 15.3 Å². The number of rotatable bonds is 8. The van der Waals surface area contributed by atoms with Gasteiger partial charge in [-0.3, -0.25) is 14.2 Å². The number of Topliss-reactive ketones (excluding diaryl/α,β-unsaturated/α-hetero) is 2. The van der Waals surface area contributed by atoms with Crippen molar-refractivity contribution in [3.05, 3.63) is 12.2 Å². The van der Waals surface area contributed by atoms with Gasteiger partial charge in [0.05, 0.1) is 6.61 Å². The molecule has 1 saturated heterocycles. The molecule has 2 aromatic rings. The number of carbonyl (C=O) groups is 2. The molecule has 0 bridgehead atoms. The van der Waals surface area contributed by atoms with Crippen LogP contribution in [0.3, 0.4) is 0 Å². The molecule has 4 atom stereocenters. The average Bonchev–Trinajstić information content (AvgIpc) is 3.23. The smallest absolute Gasteiger partial charge is 1.00 e. The number of nitrogens with zero attached hydrogens (tertiary/aromatic N) is 4. The maximum Gasteiger partial charge on any atom is 2.00 e. The van der Waals surface area contributed by atoms with E-state index < -0.39 is 36.4 Å². The van der Waals surface area contributed by atoms with Crippen molar-refractivity contribution in [1.29, 1.82) is 0 Å². The SMILES string of the molecule is CCCC(=O)c1nc(N)c2ncn([C@]3(C(=O)CCC)O[C@H](CO)[C@@H](O)[C@H]3O)c2n1.[Ca+2].[H-].[H-]. The van der Waals surface area contributed by atoms with Crippen molar-refractivity contribution in [2.75, 3.05) is 12.3 Å². The first-order valence-corrected chi connectivity index (χ1v) is 9.54. The number of nitrogen functional groups attached to an aromatic ring is 1. The van der Waals surface area contributed by atoms with E-state index in [9.17, 15) is 24.9 Å². The molecule has 12 heteroatoms. The second kappa shape index (κ2) is 9.94. The van der Waals surface area contributed by atoms with Gasteiger partial charge in [-0.1, -0.05) is 13.8 Å². The van der Waals surface area contributed by atoms with Gasteiger partial charge in [-0.2, -0.15) is 0 Å². The minimum absolute atomic E-state index is 0. The number of fused-ring (bicyclic) bond motifs is 1. The summed E-state index contributed by atoms with van der Waals surface area (Å²) in [5, 5.41) is 30.6. The van der Waals surface area contributed by atoms with Crippen molar-refractivity contribution >= 4 is 66.3 Å². The summed E-state index contributed by atoms with van der Waals surface area (Å²) in [6.07, 6.45) is -1.91. The summed E-state index contributed by atoms with van der Waals surface area (Å²) >= 11 is 0. The van der Waals surface area contributed by atoms with Crippen molar-refractivity contribution in [2.24, 2.45) is 0 Å². The standard InChI is InChI=1S/C18H25N5O6.Ca.2H/c1-3-5-9(25)16-21-15(19)12-17(22-16)23(8-20-12)18(11(26)6-4-2)14(28)13(27)10(7-24)29-18;;;/h8,10,13-14,24,27-28H,3-7H2,1-2H3,(H2,19,21,22);;;/q;+2;2*-1/t10-,13-,14-,18-;;;/m1.../s1. The molecule has 0 saturated carbocycles. The predicted molar refractivity (Wildman–Crippen MR) is 109 cm³/mol. The fourth-order valence-electron chi connectivity index (χ4n) is 3.55. The summed E-state index contributed by atoms with van der Waals surface area (Å²) < 4.78 is 6.89. The van der Waals surface area contributed by atoms with Crippen LogP contribution in [-0.4, -0.2) is 109 Å². The van der Waals surface area contributed by atoms with Crippen molar-refractivity contribution < 1.29 is 32.5 Å². The number of nitrogens with two attached hydrogens (primary N) is 1. The molecule has 11 nitrogen and oxygen atoms in total. The summed E-state index contributed by atoms with van der Waals surface area (Å²) in [6.45, 7) is 3.01. The minimum atomic E-state index is -2.07. The Hall–Kier alpha value is -1.21. The Labute approximate surface area is 205 Å². The Kier molecular flexibility index (Phi) is 8.30. The molecule has 1 fully saturated rings. The van der Waals surface area contributed by atoms with Crippen molar-refractivity contribution in [3.63, 3.8) is 0 Å². The van der Waals surface area contributed by atoms with E-state index in [1.54, 1.807) is 6.92 Å². The van der Waals surface area contributed by atoms with E-state index in [0.29, 0.717) is 12.8 Å². The molecular formula is C18H27CaN5O6. The number of ether oxygens (including phenoxy) is 1. The summed E-state index contributed by atoms with van der Waals surface area (Å²) in [6, 6.07) is 0. The number of anilines is 1. The van der Waals surface area contributed by atoms with Gasteiger partial charge in [-0.25, -0.2) is 15.0 Å². The molecule has 3 heterocycles. The van der Waals surface area contributed by atoms with E-state index in [2.05, 4.69) is 15.0 Å². The number of hydrogen-bond donors (Lipinski definition) is 4. The van der Waals surface area contributed by atoms with Crippen LogP contribution in [0.4, 0.5) is 5.82 Å². The third-order valence-corrected chi connectivity index (χ3v) is 5.00. The molecule has 3 rings (SSSR count). The molecule has 30 heavy (non-hydrogen) atoms. The van der Waals surface area contributed by atoms with Crippen LogP contribution < -0.4 is 5.73 Å². The maximum atomic E-state index is 13.1. The summed E-state index contributed by atoms with van der Waals surface area (Å²) in [5.74, 6) is -1.05. The molecule has 162 valence electrons. The molecule has 0 unspecified atom stereocenters. The van der Waals surface area contributed by atoms with Crippen LogP contribution in [0.2, 0.25) is 0 Å². The number of aliphatic hydroxyl groups is 3. The van der Waals surface area contributed by atoms with Gasteiger partial charge in [0.15, 0.2) is 28.9 Å². The van der Waals surface area contributed by atoms with E-state index in [1.165, 1.54) is 10.9 Å². The molecular weight excluding hydrogens is 422 g/mol. The molecule has 0 spiro atoms. The monoisotopic (exact) mass is 449 g/mol. The van der Waals surface area contributed by atoms with Crippen molar-refractivity contribution in [1.82, 2.24) is 19.5 Å². The first kappa shape index (κ1) is 25.1. The van der Waals surface area contributed by atoms with Gasteiger partial charge >= 0.3 is 37.7 Å². The Morgan fingerprint density at radius 2 is 1.93 bits per heavy atom. The predicted octanol–water partition coefficient (Wildman–Crippen LogP) is -0.630. The van der Waals surface area contributed by atoms with Gasteiger partial charge in [0.2, 0.25) is 5.72 Å². The zero-order chi connectivity index (χ0) is 21.3. The number of carbonyl (C=O) groups excluding carboxylic acids is 2. The number of imidazole rings is 1. The number of aromatic nitrogens is 4. The molecule has 0 radical (unpaired) electrons.